The van der Waals surface area contributed by atoms with E-state index >= 15 is 0 Å². The molecule has 2 amide bonds. The van der Waals surface area contributed by atoms with Crippen LogP contribution < -0.4 is 10.6 Å². The number of hydrogen-bond acceptors (Lipinski definition) is 7. The standard InChI is InChI=1S/C22H26F4N8O3/c1-12-7-15(22(24,25)26)31-33(12)10-16(35)29-13-8-14(23)17(27-9-13)34-11-28-18(32-34)21(5,6)30-19(36)37-20(2,3)4/h7-9,11H,10H2,1-6H3,(H,29,35)(H,30,36). The van der Waals surface area contributed by atoms with Gasteiger partial charge < -0.3 is 15.4 Å². The number of carbonyl (C=O) groups is 2. The summed E-state index contributed by atoms with van der Waals surface area (Å²) in [4.78, 5) is 32.5. The summed E-state index contributed by atoms with van der Waals surface area (Å²) in [5.74, 6) is -1.67. The Kier molecular flexibility index (Phi) is 7.28. The number of hydrogen-bond donors (Lipinski definition) is 2. The normalized spacial score (nSPS) is 12.4. The molecule has 3 aromatic rings. The molecule has 2 N–H and O–H groups in total. The molecule has 0 bridgehead atoms. The van der Waals surface area contributed by atoms with Crippen molar-refractivity contribution in [1.29, 1.82) is 0 Å². The van der Waals surface area contributed by atoms with Crippen molar-refractivity contribution < 1.29 is 31.9 Å². The zero-order chi connectivity index (χ0) is 27.8. The van der Waals surface area contributed by atoms with Gasteiger partial charge >= 0.3 is 12.3 Å². The molecule has 0 aliphatic carbocycles. The minimum absolute atomic E-state index is 0.0284. The highest BCUT2D eigenvalue weighted by atomic mass is 19.4. The maximum Gasteiger partial charge on any atom is 0.435 e. The molecule has 3 aromatic heterocycles. The zero-order valence-electron chi connectivity index (χ0n) is 20.9. The highest BCUT2D eigenvalue weighted by Crippen LogP contribution is 2.28. The fourth-order valence-corrected chi connectivity index (χ4v) is 3.08. The van der Waals surface area contributed by atoms with Crippen LogP contribution in [0.3, 0.4) is 0 Å². The summed E-state index contributed by atoms with van der Waals surface area (Å²) in [5.41, 5.74) is -2.78. The van der Waals surface area contributed by atoms with Crippen molar-refractivity contribution in [3.05, 3.63) is 47.7 Å². The highest BCUT2D eigenvalue weighted by Gasteiger charge is 2.34. The monoisotopic (exact) mass is 526 g/mol. The van der Waals surface area contributed by atoms with Gasteiger partial charge in [-0.15, -0.1) is 5.10 Å². The van der Waals surface area contributed by atoms with Gasteiger partial charge in [0.05, 0.1) is 17.4 Å². The fourth-order valence-electron chi connectivity index (χ4n) is 3.08. The molecule has 0 aliphatic rings. The van der Waals surface area contributed by atoms with Crippen molar-refractivity contribution in [2.75, 3.05) is 5.32 Å². The molecule has 0 aliphatic heterocycles. The second-order valence-electron chi connectivity index (χ2n) is 9.67. The van der Waals surface area contributed by atoms with Crippen LogP contribution >= 0.6 is 0 Å². The van der Waals surface area contributed by atoms with E-state index in [1.807, 2.05) is 0 Å². The second-order valence-corrected chi connectivity index (χ2v) is 9.67. The summed E-state index contributed by atoms with van der Waals surface area (Å²) < 4.78 is 60.4. The van der Waals surface area contributed by atoms with Crippen LogP contribution in [0, 0.1) is 12.7 Å². The van der Waals surface area contributed by atoms with E-state index < -0.39 is 47.4 Å². The van der Waals surface area contributed by atoms with Gasteiger partial charge in [0.15, 0.2) is 23.2 Å². The van der Waals surface area contributed by atoms with Crippen molar-refractivity contribution in [1.82, 2.24) is 34.8 Å². The summed E-state index contributed by atoms with van der Waals surface area (Å²) >= 11 is 0. The number of alkyl halides is 3. The lowest BCUT2D eigenvalue weighted by Gasteiger charge is -2.26. The predicted molar refractivity (Wildman–Crippen MR) is 122 cm³/mol. The van der Waals surface area contributed by atoms with Gasteiger partial charge in [-0.05, 0) is 47.6 Å². The maximum absolute atomic E-state index is 14.8. The first-order valence-corrected chi connectivity index (χ1v) is 11.0. The Bertz CT molecular complexity index is 1310. The second kappa shape index (κ2) is 9.78. The number of carbonyl (C=O) groups excluding carboxylic acids is 2. The van der Waals surface area contributed by atoms with E-state index in [1.165, 1.54) is 13.3 Å². The molecule has 0 saturated carbocycles. The number of ether oxygens (including phenoxy) is 1. The van der Waals surface area contributed by atoms with Crippen molar-refractivity contribution in [2.45, 2.75) is 65.4 Å². The number of anilines is 1. The van der Waals surface area contributed by atoms with Crippen LogP contribution in [0.5, 0.6) is 0 Å². The SMILES string of the molecule is Cc1cc(C(F)(F)F)nn1CC(=O)Nc1cnc(-n2cnc(C(C)(C)NC(=O)OC(C)(C)C)n2)c(F)c1. The predicted octanol–water partition coefficient (Wildman–Crippen LogP) is 3.72. The Hall–Kier alpha value is -4.04. The lowest BCUT2D eigenvalue weighted by atomic mass is 10.1. The van der Waals surface area contributed by atoms with Gasteiger partial charge in [0.1, 0.15) is 18.5 Å². The third-order valence-electron chi connectivity index (χ3n) is 4.75. The first kappa shape index (κ1) is 27.5. The lowest BCUT2D eigenvalue weighted by Crippen LogP contribution is -2.44. The average molecular weight is 526 g/mol. The number of pyridine rings is 1. The number of alkyl carbamates (subject to hydrolysis) is 1. The molecule has 0 fully saturated rings. The molecule has 0 aromatic carbocycles. The van der Waals surface area contributed by atoms with Crippen molar-refractivity contribution in [3.8, 4) is 5.82 Å². The van der Waals surface area contributed by atoms with E-state index in [1.54, 1.807) is 34.6 Å². The summed E-state index contributed by atoms with van der Waals surface area (Å²) in [7, 11) is 0. The number of nitrogens with zero attached hydrogens (tertiary/aromatic N) is 6. The molecule has 0 spiro atoms. The van der Waals surface area contributed by atoms with Crippen LogP contribution in [0.2, 0.25) is 0 Å². The molecule has 37 heavy (non-hydrogen) atoms. The summed E-state index contributed by atoms with van der Waals surface area (Å²) in [5, 5.41) is 12.6. The molecule has 0 radical (unpaired) electrons. The summed E-state index contributed by atoms with van der Waals surface area (Å²) in [6.07, 6.45) is -2.97. The Morgan fingerprint density at radius 3 is 2.30 bits per heavy atom. The lowest BCUT2D eigenvalue weighted by molar-refractivity contribution is -0.141. The van der Waals surface area contributed by atoms with E-state index in [2.05, 4.69) is 30.8 Å². The summed E-state index contributed by atoms with van der Waals surface area (Å²) in [6, 6.07) is 1.79. The fraction of sp³-hybridized carbons (Fsp3) is 0.455. The van der Waals surface area contributed by atoms with E-state index in [4.69, 9.17) is 4.74 Å². The average Bonchev–Trinajstić information content (AvgIpc) is 3.34. The molecule has 3 heterocycles. The molecule has 15 heteroatoms. The number of aromatic nitrogens is 6. The van der Waals surface area contributed by atoms with Crippen LogP contribution in [-0.4, -0.2) is 47.1 Å². The van der Waals surface area contributed by atoms with Crippen LogP contribution in [0.1, 0.15) is 51.8 Å². The smallest absolute Gasteiger partial charge is 0.435 e. The van der Waals surface area contributed by atoms with Crippen LogP contribution in [0.4, 0.5) is 28.0 Å². The van der Waals surface area contributed by atoms with Gasteiger partial charge in [0.2, 0.25) is 5.91 Å². The Labute approximate surface area is 209 Å². The van der Waals surface area contributed by atoms with Gasteiger partial charge in [-0.25, -0.2) is 19.2 Å². The molecular weight excluding hydrogens is 500 g/mol. The van der Waals surface area contributed by atoms with E-state index in [0.717, 1.165) is 27.7 Å². The van der Waals surface area contributed by atoms with Crippen molar-refractivity contribution in [3.63, 3.8) is 0 Å². The molecule has 0 unspecified atom stereocenters. The van der Waals surface area contributed by atoms with E-state index in [-0.39, 0.29) is 23.0 Å². The van der Waals surface area contributed by atoms with Crippen LogP contribution in [0.15, 0.2) is 24.7 Å². The first-order valence-electron chi connectivity index (χ1n) is 11.0. The third kappa shape index (κ3) is 7.01. The Morgan fingerprint density at radius 1 is 1.05 bits per heavy atom. The van der Waals surface area contributed by atoms with E-state index in [9.17, 15) is 27.2 Å². The number of rotatable bonds is 6. The topological polar surface area (TPSA) is 129 Å². The highest BCUT2D eigenvalue weighted by molar-refractivity contribution is 5.90. The molecule has 11 nitrogen and oxygen atoms in total. The van der Waals surface area contributed by atoms with E-state index in [0.29, 0.717) is 0 Å². The largest absolute Gasteiger partial charge is 0.444 e. The maximum atomic E-state index is 14.8. The molecule has 3 rings (SSSR count). The third-order valence-corrected chi connectivity index (χ3v) is 4.75. The quantitative estimate of drug-likeness (QED) is 0.469. The van der Waals surface area contributed by atoms with Gasteiger partial charge in [-0.1, -0.05) is 0 Å². The Balaban J connectivity index is 1.69. The molecule has 0 atom stereocenters. The van der Waals surface area contributed by atoms with Gasteiger partial charge in [0, 0.05) is 11.8 Å². The van der Waals surface area contributed by atoms with Gasteiger partial charge in [-0.3, -0.25) is 9.48 Å². The number of amides is 2. The number of nitrogens with one attached hydrogen (secondary N) is 2. The number of aryl methyl sites for hydroxylation is 1. The molecule has 0 saturated heterocycles. The zero-order valence-corrected chi connectivity index (χ0v) is 20.9. The minimum atomic E-state index is -4.64. The van der Waals surface area contributed by atoms with Crippen LogP contribution in [0.25, 0.3) is 5.82 Å². The minimum Gasteiger partial charge on any atom is -0.444 e. The molecular formula is C22H26F4N8O3. The van der Waals surface area contributed by atoms with Gasteiger partial charge in [0.25, 0.3) is 0 Å². The van der Waals surface area contributed by atoms with Crippen molar-refractivity contribution in [2.24, 2.45) is 0 Å². The molecule has 200 valence electrons. The Morgan fingerprint density at radius 2 is 1.73 bits per heavy atom. The van der Waals surface area contributed by atoms with Crippen LogP contribution in [-0.2, 0) is 27.8 Å². The van der Waals surface area contributed by atoms with Crippen molar-refractivity contribution >= 4 is 17.7 Å². The first-order chi connectivity index (χ1) is 16.9. The number of halogens is 4. The van der Waals surface area contributed by atoms with Gasteiger partial charge in [-0.2, -0.15) is 23.0 Å². The summed E-state index contributed by atoms with van der Waals surface area (Å²) in [6.45, 7) is 9.29.